The van der Waals surface area contributed by atoms with Gasteiger partial charge in [0.2, 0.25) is 0 Å². The molecule has 0 radical (unpaired) electrons. The summed E-state index contributed by atoms with van der Waals surface area (Å²) in [4.78, 5) is 23.6. The summed E-state index contributed by atoms with van der Waals surface area (Å²) >= 11 is 5.80. The first-order valence-electron chi connectivity index (χ1n) is 7.97. The van der Waals surface area contributed by atoms with Crippen LogP contribution in [0.4, 0.5) is 0 Å². The van der Waals surface area contributed by atoms with Crippen LogP contribution >= 0.6 is 11.6 Å². The second-order valence-electron chi connectivity index (χ2n) is 5.58. The highest BCUT2D eigenvalue weighted by atomic mass is 35.5. The lowest BCUT2D eigenvalue weighted by molar-refractivity contribution is -0.139. The molecule has 6 heteroatoms. The molecule has 0 saturated heterocycles. The maximum Gasteiger partial charge on any atom is 0.329 e. The molecule has 3 aromatic rings. The molecule has 0 aliphatic heterocycles. The van der Waals surface area contributed by atoms with Gasteiger partial charge in [0.05, 0.1) is 6.21 Å². The maximum absolute atomic E-state index is 11.8. The summed E-state index contributed by atoms with van der Waals surface area (Å²) in [6.07, 6.45) is 1.52. The average Bonchev–Trinajstić information content (AvgIpc) is 2.67. The number of amides is 2. The molecule has 5 nitrogen and oxygen atoms in total. The Kier molecular flexibility index (Phi) is 5.61. The van der Waals surface area contributed by atoms with E-state index in [9.17, 15) is 9.59 Å². The molecule has 2 N–H and O–H groups in total. The number of carbonyl (C=O) groups is 2. The van der Waals surface area contributed by atoms with E-state index in [2.05, 4.69) is 15.8 Å². The number of carbonyl (C=O) groups excluding carboxylic acids is 2. The van der Waals surface area contributed by atoms with E-state index in [1.807, 2.05) is 42.5 Å². The lowest BCUT2D eigenvalue weighted by Gasteiger charge is -2.04. The van der Waals surface area contributed by atoms with E-state index in [1.165, 1.54) is 6.21 Å². The summed E-state index contributed by atoms with van der Waals surface area (Å²) < 4.78 is 0. The Morgan fingerprint density at radius 2 is 1.65 bits per heavy atom. The molecule has 0 spiro atoms. The monoisotopic (exact) mass is 365 g/mol. The van der Waals surface area contributed by atoms with E-state index in [0.29, 0.717) is 5.02 Å². The minimum atomic E-state index is -0.824. The SMILES string of the molecule is O=C(NCc1ccc(Cl)cc1)C(=O)N/N=C/c1cccc2ccccc12. The molecule has 26 heavy (non-hydrogen) atoms. The molecule has 0 aliphatic rings. The highest BCUT2D eigenvalue weighted by Crippen LogP contribution is 2.16. The van der Waals surface area contributed by atoms with Gasteiger partial charge in [-0.05, 0) is 28.5 Å². The number of benzene rings is 3. The van der Waals surface area contributed by atoms with E-state index in [0.717, 1.165) is 21.9 Å². The van der Waals surface area contributed by atoms with Crippen molar-refractivity contribution < 1.29 is 9.59 Å². The molecule has 130 valence electrons. The van der Waals surface area contributed by atoms with E-state index in [1.54, 1.807) is 24.3 Å². The second-order valence-corrected chi connectivity index (χ2v) is 6.01. The Morgan fingerprint density at radius 3 is 2.46 bits per heavy atom. The smallest absolute Gasteiger partial charge is 0.329 e. The van der Waals surface area contributed by atoms with Gasteiger partial charge < -0.3 is 5.32 Å². The minimum absolute atomic E-state index is 0.233. The summed E-state index contributed by atoms with van der Waals surface area (Å²) in [6, 6.07) is 20.6. The molecule has 0 atom stereocenters. The molecule has 0 aromatic heterocycles. The van der Waals surface area contributed by atoms with Crippen molar-refractivity contribution in [2.24, 2.45) is 5.10 Å². The third kappa shape index (κ3) is 4.46. The van der Waals surface area contributed by atoms with Crippen molar-refractivity contribution in [1.29, 1.82) is 0 Å². The number of hydrogen-bond donors (Lipinski definition) is 2. The Hall–Kier alpha value is -3.18. The van der Waals surface area contributed by atoms with Gasteiger partial charge in [0, 0.05) is 17.1 Å². The van der Waals surface area contributed by atoms with Crippen LogP contribution in [-0.2, 0) is 16.1 Å². The van der Waals surface area contributed by atoms with Crippen LogP contribution in [0.15, 0.2) is 71.8 Å². The van der Waals surface area contributed by atoms with Gasteiger partial charge in [0.25, 0.3) is 0 Å². The van der Waals surface area contributed by atoms with Gasteiger partial charge in [0.15, 0.2) is 0 Å². The van der Waals surface area contributed by atoms with Crippen LogP contribution in [0.3, 0.4) is 0 Å². The van der Waals surface area contributed by atoms with Crippen LogP contribution in [0, 0.1) is 0 Å². The average molecular weight is 366 g/mol. The predicted octanol–water partition coefficient (Wildman–Crippen LogP) is 3.26. The third-order valence-corrected chi connectivity index (χ3v) is 4.02. The lowest BCUT2D eigenvalue weighted by atomic mass is 10.1. The maximum atomic E-state index is 11.8. The van der Waals surface area contributed by atoms with E-state index >= 15 is 0 Å². The predicted molar refractivity (Wildman–Crippen MR) is 103 cm³/mol. The molecule has 0 aliphatic carbocycles. The summed E-state index contributed by atoms with van der Waals surface area (Å²) in [5.74, 6) is -1.58. The molecular formula is C20H16ClN3O2. The number of hydrazone groups is 1. The second kappa shape index (κ2) is 8.27. The molecule has 0 heterocycles. The van der Waals surface area contributed by atoms with Gasteiger partial charge in [-0.2, -0.15) is 5.10 Å². The zero-order valence-electron chi connectivity index (χ0n) is 13.8. The van der Waals surface area contributed by atoms with Crippen LogP contribution in [0.25, 0.3) is 10.8 Å². The van der Waals surface area contributed by atoms with E-state index in [4.69, 9.17) is 11.6 Å². The van der Waals surface area contributed by atoms with Crippen molar-refractivity contribution in [1.82, 2.24) is 10.7 Å². The Balaban J connectivity index is 1.56. The number of rotatable bonds is 4. The highest BCUT2D eigenvalue weighted by molar-refractivity contribution is 6.35. The van der Waals surface area contributed by atoms with Gasteiger partial charge in [-0.25, -0.2) is 5.43 Å². The first-order valence-corrected chi connectivity index (χ1v) is 8.35. The first kappa shape index (κ1) is 17.6. The van der Waals surface area contributed by atoms with Gasteiger partial charge in [-0.3, -0.25) is 9.59 Å². The number of hydrogen-bond acceptors (Lipinski definition) is 3. The largest absolute Gasteiger partial charge is 0.344 e. The van der Waals surface area contributed by atoms with Crippen molar-refractivity contribution in [2.45, 2.75) is 6.54 Å². The third-order valence-electron chi connectivity index (χ3n) is 3.77. The fraction of sp³-hybridized carbons (Fsp3) is 0.0500. The number of nitrogens with one attached hydrogen (secondary N) is 2. The van der Waals surface area contributed by atoms with Gasteiger partial charge in [0.1, 0.15) is 0 Å². The molecule has 0 fully saturated rings. The van der Waals surface area contributed by atoms with Crippen LogP contribution in [0.1, 0.15) is 11.1 Å². The van der Waals surface area contributed by atoms with E-state index < -0.39 is 11.8 Å². The topological polar surface area (TPSA) is 70.6 Å². The quantitative estimate of drug-likeness (QED) is 0.423. The number of fused-ring (bicyclic) bond motifs is 1. The fourth-order valence-electron chi connectivity index (χ4n) is 2.44. The zero-order chi connectivity index (χ0) is 18.4. The molecule has 3 aromatic carbocycles. The van der Waals surface area contributed by atoms with Crippen LogP contribution in [-0.4, -0.2) is 18.0 Å². The van der Waals surface area contributed by atoms with Crippen molar-refractivity contribution in [3.63, 3.8) is 0 Å². The van der Waals surface area contributed by atoms with Crippen molar-refractivity contribution in [3.05, 3.63) is 82.9 Å². The normalized spacial score (nSPS) is 10.8. The molecule has 0 unspecified atom stereocenters. The van der Waals surface area contributed by atoms with Crippen LogP contribution in [0.2, 0.25) is 5.02 Å². The van der Waals surface area contributed by atoms with Gasteiger partial charge in [-0.1, -0.05) is 66.2 Å². The van der Waals surface area contributed by atoms with Crippen molar-refractivity contribution in [2.75, 3.05) is 0 Å². The molecule has 0 saturated carbocycles. The molecule has 2 amide bonds. The highest BCUT2D eigenvalue weighted by Gasteiger charge is 2.11. The Labute approximate surface area is 155 Å². The summed E-state index contributed by atoms with van der Waals surface area (Å²) in [7, 11) is 0. The van der Waals surface area contributed by atoms with Crippen molar-refractivity contribution >= 4 is 40.4 Å². The van der Waals surface area contributed by atoms with Crippen molar-refractivity contribution in [3.8, 4) is 0 Å². The number of nitrogens with zero attached hydrogens (tertiary/aromatic N) is 1. The molecule has 3 rings (SSSR count). The lowest BCUT2D eigenvalue weighted by Crippen LogP contribution is -2.37. The summed E-state index contributed by atoms with van der Waals surface area (Å²) in [5, 5.41) is 9.10. The molecular weight excluding hydrogens is 350 g/mol. The van der Waals surface area contributed by atoms with Crippen LogP contribution in [0.5, 0.6) is 0 Å². The zero-order valence-corrected chi connectivity index (χ0v) is 14.5. The van der Waals surface area contributed by atoms with Gasteiger partial charge in [-0.15, -0.1) is 0 Å². The summed E-state index contributed by atoms with van der Waals surface area (Å²) in [5.41, 5.74) is 3.93. The Morgan fingerprint density at radius 1 is 0.923 bits per heavy atom. The van der Waals surface area contributed by atoms with Crippen LogP contribution < -0.4 is 10.7 Å². The standard InChI is InChI=1S/C20H16ClN3O2/c21-17-10-8-14(9-11-17)12-22-19(25)20(26)24-23-13-16-6-3-5-15-4-1-2-7-18(15)16/h1-11,13H,12H2,(H,22,25)(H,24,26)/b23-13+. The fourth-order valence-corrected chi connectivity index (χ4v) is 2.57. The number of halogens is 1. The van der Waals surface area contributed by atoms with Gasteiger partial charge >= 0.3 is 11.8 Å². The van der Waals surface area contributed by atoms with E-state index in [-0.39, 0.29) is 6.54 Å². The first-order chi connectivity index (χ1) is 12.6. The summed E-state index contributed by atoms with van der Waals surface area (Å²) in [6.45, 7) is 0.233. The Bertz CT molecular complexity index is 963. The minimum Gasteiger partial charge on any atom is -0.344 e. The molecule has 0 bridgehead atoms.